The van der Waals surface area contributed by atoms with Gasteiger partial charge in [0.15, 0.2) is 0 Å². The lowest BCUT2D eigenvalue weighted by atomic mass is 9.95. The van der Waals surface area contributed by atoms with Crippen molar-refractivity contribution in [3.63, 3.8) is 0 Å². The Labute approximate surface area is 135 Å². The molecule has 126 valence electrons. The second-order valence-corrected chi connectivity index (χ2v) is 7.81. The van der Waals surface area contributed by atoms with E-state index in [0.717, 1.165) is 44.7 Å². The van der Waals surface area contributed by atoms with Crippen LogP contribution in [0.5, 0.6) is 0 Å². The summed E-state index contributed by atoms with van der Waals surface area (Å²) < 4.78 is 0. The number of nitrogens with one attached hydrogen (secondary N) is 1. The van der Waals surface area contributed by atoms with E-state index in [4.69, 9.17) is 0 Å². The molecule has 0 aromatic heterocycles. The van der Waals surface area contributed by atoms with Gasteiger partial charge in [0, 0.05) is 31.6 Å². The Kier molecular flexibility index (Phi) is 5.75. The van der Waals surface area contributed by atoms with Crippen LogP contribution in [-0.4, -0.2) is 61.5 Å². The van der Waals surface area contributed by atoms with Gasteiger partial charge in [-0.05, 0) is 64.6 Å². The van der Waals surface area contributed by atoms with Gasteiger partial charge >= 0.3 is 0 Å². The van der Waals surface area contributed by atoms with Crippen LogP contribution in [-0.2, 0) is 4.79 Å². The highest BCUT2D eigenvalue weighted by atomic mass is 16.1. The monoisotopic (exact) mass is 307 g/mol. The molecule has 3 rings (SSSR count). The SMILES string of the molecule is CN1CCC(C(=O)NC2CCN(CC3CCCC3)CC2)CC1. The van der Waals surface area contributed by atoms with Crippen LogP contribution in [0.1, 0.15) is 51.4 Å². The van der Waals surface area contributed by atoms with Gasteiger partial charge in [-0.3, -0.25) is 4.79 Å². The van der Waals surface area contributed by atoms with Gasteiger partial charge in [0.2, 0.25) is 5.91 Å². The van der Waals surface area contributed by atoms with Crippen LogP contribution in [0.15, 0.2) is 0 Å². The molecule has 0 bridgehead atoms. The van der Waals surface area contributed by atoms with Crippen LogP contribution in [0, 0.1) is 11.8 Å². The van der Waals surface area contributed by atoms with Crippen molar-refractivity contribution in [2.75, 3.05) is 39.8 Å². The molecule has 0 unspecified atom stereocenters. The first-order valence-electron chi connectivity index (χ1n) is 9.42. The van der Waals surface area contributed by atoms with Crippen molar-refractivity contribution in [2.24, 2.45) is 11.8 Å². The summed E-state index contributed by atoms with van der Waals surface area (Å²) in [5, 5.41) is 3.33. The molecule has 0 aromatic rings. The summed E-state index contributed by atoms with van der Waals surface area (Å²) in [5.41, 5.74) is 0. The summed E-state index contributed by atoms with van der Waals surface area (Å²) >= 11 is 0. The van der Waals surface area contributed by atoms with Crippen molar-refractivity contribution in [2.45, 2.75) is 57.4 Å². The van der Waals surface area contributed by atoms with E-state index in [2.05, 4.69) is 22.2 Å². The lowest BCUT2D eigenvalue weighted by Crippen LogP contribution is -2.48. The molecule has 3 fully saturated rings. The molecule has 2 heterocycles. The summed E-state index contributed by atoms with van der Waals surface area (Å²) in [6, 6.07) is 0.423. The van der Waals surface area contributed by atoms with E-state index in [0.29, 0.717) is 11.9 Å². The number of hydrogen-bond acceptors (Lipinski definition) is 3. The third-order valence-corrected chi connectivity index (χ3v) is 6.01. The van der Waals surface area contributed by atoms with Gasteiger partial charge in [0.25, 0.3) is 0 Å². The van der Waals surface area contributed by atoms with Crippen molar-refractivity contribution in [3.05, 3.63) is 0 Å². The highest BCUT2D eigenvalue weighted by Crippen LogP contribution is 2.26. The normalized spacial score (nSPS) is 27.3. The Morgan fingerprint density at radius 3 is 2.23 bits per heavy atom. The van der Waals surface area contributed by atoms with E-state index in [1.165, 1.54) is 45.3 Å². The molecule has 0 aromatic carbocycles. The van der Waals surface area contributed by atoms with E-state index in [1.54, 1.807) is 0 Å². The smallest absolute Gasteiger partial charge is 0.223 e. The van der Waals surface area contributed by atoms with Gasteiger partial charge in [-0.1, -0.05) is 12.8 Å². The quantitative estimate of drug-likeness (QED) is 0.864. The van der Waals surface area contributed by atoms with Crippen molar-refractivity contribution >= 4 is 5.91 Å². The summed E-state index contributed by atoms with van der Waals surface area (Å²) in [5.74, 6) is 1.53. The zero-order chi connectivity index (χ0) is 15.4. The Bertz CT molecular complexity index is 351. The first-order valence-corrected chi connectivity index (χ1v) is 9.42. The zero-order valence-corrected chi connectivity index (χ0v) is 14.2. The Morgan fingerprint density at radius 2 is 1.59 bits per heavy atom. The van der Waals surface area contributed by atoms with Crippen molar-refractivity contribution in [3.8, 4) is 0 Å². The second-order valence-electron chi connectivity index (χ2n) is 7.81. The Morgan fingerprint density at radius 1 is 0.955 bits per heavy atom. The van der Waals surface area contributed by atoms with Crippen LogP contribution in [0.25, 0.3) is 0 Å². The number of hydrogen-bond donors (Lipinski definition) is 1. The zero-order valence-electron chi connectivity index (χ0n) is 14.2. The Balaban J connectivity index is 1.35. The first kappa shape index (κ1) is 16.3. The van der Waals surface area contributed by atoms with Crippen LogP contribution >= 0.6 is 0 Å². The van der Waals surface area contributed by atoms with Gasteiger partial charge in [-0.15, -0.1) is 0 Å². The van der Waals surface area contributed by atoms with E-state index >= 15 is 0 Å². The molecule has 3 aliphatic rings. The third-order valence-electron chi connectivity index (χ3n) is 6.01. The minimum absolute atomic E-state index is 0.257. The highest BCUT2D eigenvalue weighted by molar-refractivity contribution is 5.79. The third kappa shape index (κ3) is 4.45. The topological polar surface area (TPSA) is 35.6 Å². The lowest BCUT2D eigenvalue weighted by molar-refractivity contribution is -0.127. The molecular formula is C18H33N3O. The Hall–Kier alpha value is -0.610. The van der Waals surface area contributed by atoms with E-state index in [1.807, 2.05) is 0 Å². The van der Waals surface area contributed by atoms with E-state index < -0.39 is 0 Å². The van der Waals surface area contributed by atoms with Crippen LogP contribution in [0.2, 0.25) is 0 Å². The molecular weight excluding hydrogens is 274 g/mol. The molecule has 1 saturated carbocycles. The number of carbonyl (C=O) groups is 1. The lowest BCUT2D eigenvalue weighted by Gasteiger charge is -2.35. The summed E-state index contributed by atoms with van der Waals surface area (Å²) in [6.45, 7) is 5.79. The maximum atomic E-state index is 12.4. The number of likely N-dealkylation sites (tertiary alicyclic amines) is 2. The largest absolute Gasteiger partial charge is 0.353 e. The predicted molar refractivity (Wildman–Crippen MR) is 89.8 cm³/mol. The standard InChI is InChI=1S/C18H33N3O/c1-20-10-6-16(7-11-20)18(22)19-17-8-12-21(13-9-17)14-15-4-2-3-5-15/h15-17H,2-14H2,1H3,(H,19,22). The van der Waals surface area contributed by atoms with Crippen molar-refractivity contribution < 1.29 is 4.79 Å². The fourth-order valence-electron chi connectivity index (χ4n) is 4.41. The molecule has 0 spiro atoms. The van der Waals surface area contributed by atoms with Gasteiger partial charge in [0.1, 0.15) is 0 Å². The fourth-order valence-corrected chi connectivity index (χ4v) is 4.41. The van der Waals surface area contributed by atoms with Crippen molar-refractivity contribution in [1.82, 2.24) is 15.1 Å². The fraction of sp³-hybridized carbons (Fsp3) is 0.944. The molecule has 4 nitrogen and oxygen atoms in total. The average molecular weight is 307 g/mol. The average Bonchev–Trinajstić information content (AvgIpc) is 3.03. The molecule has 4 heteroatoms. The molecule has 2 aliphatic heterocycles. The highest BCUT2D eigenvalue weighted by Gasteiger charge is 2.28. The van der Waals surface area contributed by atoms with Gasteiger partial charge in [-0.25, -0.2) is 0 Å². The number of nitrogens with zero attached hydrogens (tertiary/aromatic N) is 2. The molecule has 1 N–H and O–H groups in total. The van der Waals surface area contributed by atoms with Gasteiger partial charge < -0.3 is 15.1 Å². The molecule has 0 radical (unpaired) electrons. The number of amides is 1. The first-order chi connectivity index (χ1) is 10.7. The molecule has 2 saturated heterocycles. The summed E-state index contributed by atoms with van der Waals surface area (Å²) in [6.07, 6.45) is 10.1. The summed E-state index contributed by atoms with van der Waals surface area (Å²) in [7, 11) is 2.15. The minimum Gasteiger partial charge on any atom is -0.353 e. The predicted octanol–water partition coefficient (Wildman–Crippen LogP) is 2.10. The maximum absolute atomic E-state index is 12.4. The van der Waals surface area contributed by atoms with E-state index in [9.17, 15) is 4.79 Å². The van der Waals surface area contributed by atoms with Crippen molar-refractivity contribution in [1.29, 1.82) is 0 Å². The van der Waals surface area contributed by atoms with Gasteiger partial charge in [-0.2, -0.15) is 0 Å². The number of rotatable bonds is 4. The summed E-state index contributed by atoms with van der Waals surface area (Å²) in [4.78, 5) is 17.3. The van der Waals surface area contributed by atoms with E-state index in [-0.39, 0.29) is 5.92 Å². The maximum Gasteiger partial charge on any atom is 0.223 e. The van der Waals surface area contributed by atoms with Crippen LogP contribution in [0.3, 0.4) is 0 Å². The van der Waals surface area contributed by atoms with Crippen LogP contribution in [0.4, 0.5) is 0 Å². The second kappa shape index (κ2) is 7.78. The molecule has 1 aliphatic carbocycles. The number of carbonyl (C=O) groups excluding carboxylic acids is 1. The van der Waals surface area contributed by atoms with Crippen LogP contribution < -0.4 is 5.32 Å². The van der Waals surface area contributed by atoms with Gasteiger partial charge in [0.05, 0.1) is 0 Å². The molecule has 22 heavy (non-hydrogen) atoms. The molecule has 1 amide bonds. The minimum atomic E-state index is 0.257. The molecule has 0 atom stereocenters. The number of piperidine rings is 2.